The molecule has 4 aromatic rings. The molecule has 1 fully saturated rings. The van der Waals surface area contributed by atoms with Crippen LogP contribution in [0.4, 0.5) is 22.7 Å². The van der Waals surface area contributed by atoms with Gasteiger partial charge in [-0.3, -0.25) is 19.2 Å². The molecule has 1 aliphatic carbocycles. The predicted octanol–water partition coefficient (Wildman–Crippen LogP) is 7.24. The lowest BCUT2D eigenvalue weighted by atomic mass is 9.62. The van der Waals surface area contributed by atoms with Crippen LogP contribution in [-0.4, -0.2) is 72.3 Å². The number of carboxylic acids is 1. The molecule has 0 radical (unpaired) electrons. The topological polar surface area (TPSA) is 210 Å². The van der Waals surface area contributed by atoms with E-state index in [4.69, 9.17) is 14.2 Å². The van der Waals surface area contributed by atoms with Gasteiger partial charge < -0.3 is 50.8 Å². The molecule has 0 aromatic heterocycles. The minimum atomic E-state index is -1.52. The van der Waals surface area contributed by atoms with E-state index in [0.717, 1.165) is 54.7 Å². The van der Waals surface area contributed by atoms with Crippen LogP contribution in [0.25, 0.3) is 21.5 Å². The maximum atomic E-state index is 14.8. The maximum Gasteiger partial charge on any atom is 0.310 e. The summed E-state index contributed by atoms with van der Waals surface area (Å²) in [5.41, 5.74) is 0.117. The molecule has 3 atom stereocenters. The first-order valence-electron chi connectivity index (χ1n) is 22.7. The second-order valence-corrected chi connectivity index (χ2v) is 17.4. The van der Waals surface area contributed by atoms with E-state index >= 15 is 0 Å². The van der Waals surface area contributed by atoms with Gasteiger partial charge in [-0.05, 0) is 65.1 Å². The Morgan fingerprint density at radius 2 is 0.921 bits per heavy atom. The molecule has 1 saturated carbocycles. The summed E-state index contributed by atoms with van der Waals surface area (Å²) in [6.07, 6.45) is 3.45. The van der Waals surface area contributed by atoms with Crippen molar-refractivity contribution in [3.8, 4) is 0 Å². The Balaban J connectivity index is 1.22. The highest BCUT2D eigenvalue weighted by molar-refractivity contribution is 6.08. The van der Waals surface area contributed by atoms with Gasteiger partial charge in [0.15, 0.2) is 0 Å². The Morgan fingerprint density at radius 3 is 1.29 bits per heavy atom. The normalized spacial score (nSPS) is 21.5. The van der Waals surface area contributed by atoms with Gasteiger partial charge in [-0.25, -0.2) is 0 Å². The first-order valence-corrected chi connectivity index (χ1v) is 22.7. The number of esters is 3. The summed E-state index contributed by atoms with van der Waals surface area (Å²) in [5.74, 6) is -4.84. The van der Waals surface area contributed by atoms with Gasteiger partial charge in [-0.1, -0.05) is 108 Å². The van der Waals surface area contributed by atoms with Gasteiger partial charge in [0.1, 0.15) is 11.3 Å². The van der Waals surface area contributed by atoms with E-state index in [2.05, 4.69) is 35.1 Å². The largest absolute Gasteiger partial charge is 0.851 e. The molecule has 0 saturated heterocycles. The summed E-state index contributed by atoms with van der Waals surface area (Å²) in [6.45, 7) is 6.85. The number of ether oxygens (including phenoxy) is 3. The van der Waals surface area contributed by atoms with Gasteiger partial charge in [0.2, 0.25) is 0 Å². The number of benzene rings is 4. The first-order chi connectivity index (χ1) is 30.4. The van der Waals surface area contributed by atoms with Crippen LogP contribution in [-0.2, 0) is 33.4 Å². The summed E-state index contributed by atoms with van der Waals surface area (Å²) in [5, 5.41) is 56.3. The van der Waals surface area contributed by atoms with Crippen molar-refractivity contribution in [3.05, 3.63) is 71.8 Å². The number of carbonyl (C=O) groups excluding carboxylic acids is 3. The third kappa shape index (κ3) is 9.82. The van der Waals surface area contributed by atoms with Crippen LogP contribution in [0.15, 0.2) is 60.7 Å². The molecular weight excluding hydrogens is 805 g/mol. The standard InChI is InChI=1S/C49H60N4O10/c1-4-7-10-23-61-37(56)27-48(26-36(54)55)50-34-17-13-15-30-19-21-32(44(52-48)40(30)34)42-46(59)43(47(42)60)33-22-20-31-16-14-18-35-41(31)45(33)53-49(51-35,28-38(57)62-24-11-8-5-2)29-39(58)63-25-12-9-6-3/h13-22,42-43,46-47,50-53H,4-12,23-29H2,1-3H3,(H,54,55)/q-2. The zero-order valence-electron chi connectivity index (χ0n) is 36.5. The lowest BCUT2D eigenvalue weighted by Gasteiger charge is -2.62. The number of nitrogens with one attached hydrogen (secondary N) is 4. The zero-order valence-corrected chi connectivity index (χ0v) is 36.5. The van der Waals surface area contributed by atoms with Crippen molar-refractivity contribution in [2.24, 2.45) is 0 Å². The molecule has 7 rings (SSSR count). The third-order valence-electron chi connectivity index (χ3n) is 12.6. The fourth-order valence-electron chi connectivity index (χ4n) is 9.51. The Bertz CT molecular complexity index is 2280. The fourth-order valence-corrected chi connectivity index (χ4v) is 9.51. The fraction of sp³-hybridized carbons (Fsp3) is 0.510. The molecule has 14 nitrogen and oxygen atoms in total. The minimum absolute atomic E-state index is 0.211. The van der Waals surface area contributed by atoms with Crippen LogP contribution in [0.2, 0.25) is 0 Å². The predicted molar refractivity (Wildman–Crippen MR) is 238 cm³/mol. The number of carboxylic acid groups (broad SMARTS) is 1. The minimum Gasteiger partial charge on any atom is -0.851 e. The molecule has 338 valence electrons. The average molecular weight is 865 g/mol. The van der Waals surface area contributed by atoms with Crippen LogP contribution < -0.4 is 31.5 Å². The smallest absolute Gasteiger partial charge is 0.310 e. The molecule has 5 N–H and O–H groups in total. The summed E-state index contributed by atoms with van der Waals surface area (Å²) >= 11 is 0. The molecule has 4 aromatic carbocycles. The van der Waals surface area contributed by atoms with Crippen LogP contribution >= 0.6 is 0 Å². The monoisotopic (exact) mass is 864 g/mol. The molecular formula is C49H60N4O10-2. The van der Waals surface area contributed by atoms with E-state index in [1.165, 1.54) is 0 Å². The van der Waals surface area contributed by atoms with E-state index in [1.807, 2.05) is 49.4 Å². The number of carbonyl (C=O) groups is 4. The summed E-state index contributed by atoms with van der Waals surface area (Å²) < 4.78 is 16.8. The van der Waals surface area contributed by atoms with Gasteiger partial charge in [0, 0.05) is 33.5 Å². The second kappa shape index (κ2) is 19.8. The van der Waals surface area contributed by atoms with Crippen LogP contribution in [0.5, 0.6) is 0 Å². The maximum absolute atomic E-state index is 14.8. The summed E-state index contributed by atoms with van der Waals surface area (Å²) in [4.78, 5) is 52.6. The van der Waals surface area contributed by atoms with Crippen LogP contribution in [0.3, 0.4) is 0 Å². The number of rotatable bonds is 22. The number of unbranched alkanes of at least 4 members (excludes halogenated alkanes) is 6. The molecule has 63 heavy (non-hydrogen) atoms. The van der Waals surface area contributed by atoms with Crippen molar-refractivity contribution in [2.45, 2.75) is 140 Å². The highest BCUT2D eigenvalue weighted by Gasteiger charge is 2.47. The number of anilines is 4. The van der Waals surface area contributed by atoms with E-state index < -0.39 is 65.7 Å². The Labute approximate surface area is 368 Å². The van der Waals surface area contributed by atoms with Crippen molar-refractivity contribution < 1.29 is 48.7 Å². The van der Waals surface area contributed by atoms with Crippen LogP contribution in [0, 0.1) is 0 Å². The SMILES string of the molecule is CCCCCOC(=O)CC1(CC(=O)O)Nc2cccc3ccc(C4C([O-])C(c5ccc6cccc7c6c5NC(CC(=O)OCCCCC)(CC(=O)OCCCCC)N7)C4[O-])c(c23)N1. The summed E-state index contributed by atoms with van der Waals surface area (Å²) in [6, 6.07) is 18.4. The third-order valence-corrected chi connectivity index (χ3v) is 12.6. The Hall–Kier alpha value is -5.60. The molecule has 14 heteroatoms. The van der Waals surface area contributed by atoms with Gasteiger partial charge in [0.05, 0.1) is 45.5 Å². The number of aliphatic carboxylic acids is 1. The van der Waals surface area contributed by atoms with Crippen molar-refractivity contribution in [2.75, 3.05) is 41.1 Å². The highest BCUT2D eigenvalue weighted by Crippen LogP contribution is 2.54. The van der Waals surface area contributed by atoms with Crippen LogP contribution in [0.1, 0.15) is 127 Å². The van der Waals surface area contributed by atoms with Gasteiger partial charge in [0.25, 0.3) is 0 Å². The van der Waals surface area contributed by atoms with Crippen molar-refractivity contribution in [1.29, 1.82) is 0 Å². The Morgan fingerprint density at radius 1 is 0.540 bits per heavy atom. The lowest BCUT2D eigenvalue weighted by molar-refractivity contribution is -0.535. The van der Waals surface area contributed by atoms with Crippen molar-refractivity contribution >= 4 is 68.2 Å². The lowest BCUT2D eigenvalue weighted by Crippen LogP contribution is -2.64. The van der Waals surface area contributed by atoms with Gasteiger partial charge in [-0.2, -0.15) is 0 Å². The second-order valence-electron chi connectivity index (χ2n) is 17.4. The average Bonchev–Trinajstić information content (AvgIpc) is 3.24. The summed E-state index contributed by atoms with van der Waals surface area (Å²) in [7, 11) is 0. The molecule has 2 heterocycles. The Kier molecular flexibility index (Phi) is 14.3. The zero-order chi connectivity index (χ0) is 44.7. The highest BCUT2D eigenvalue weighted by atomic mass is 16.5. The van der Waals surface area contributed by atoms with Crippen molar-refractivity contribution in [3.63, 3.8) is 0 Å². The first kappa shape index (κ1) is 45.4. The van der Waals surface area contributed by atoms with Gasteiger partial charge >= 0.3 is 23.9 Å². The quantitative estimate of drug-likeness (QED) is 0.0300. The van der Waals surface area contributed by atoms with E-state index in [9.17, 15) is 34.5 Å². The number of hydrogen-bond acceptors (Lipinski definition) is 13. The molecule has 3 aliphatic rings. The molecule has 0 amide bonds. The number of hydrogen-bond donors (Lipinski definition) is 5. The van der Waals surface area contributed by atoms with Gasteiger partial charge in [-0.15, -0.1) is 12.2 Å². The van der Waals surface area contributed by atoms with E-state index in [1.54, 1.807) is 18.2 Å². The van der Waals surface area contributed by atoms with E-state index in [0.29, 0.717) is 58.5 Å². The molecule has 2 aliphatic heterocycles. The molecule has 0 bridgehead atoms. The van der Waals surface area contributed by atoms with Crippen molar-refractivity contribution in [1.82, 2.24) is 0 Å². The molecule has 0 spiro atoms. The molecule has 3 unspecified atom stereocenters. The van der Waals surface area contributed by atoms with E-state index in [-0.39, 0.29) is 39.1 Å².